The van der Waals surface area contributed by atoms with Crippen LogP contribution in [0.15, 0.2) is 116 Å². The van der Waals surface area contributed by atoms with Crippen LogP contribution in [-0.4, -0.2) is 9.55 Å². The molecule has 0 spiro atoms. The maximum absolute atomic E-state index is 6.52. The number of hydrogen-bond acceptors (Lipinski definition) is 4. The molecule has 0 saturated carbocycles. The minimum Gasteiger partial charge on any atom is -0.509 e. The summed E-state index contributed by atoms with van der Waals surface area (Å²) < 4.78 is 8.74. The third-order valence-corrected chi connectivity index (χ3v) is 10.2. The average molecular weight is 861 g/mol. The van der Waals surface area contributed by atoms with Crippen molar-refractivity contribution in [3.05, 3.63) is 162 Å². The third-order valence-electron chi connectivity index (χ3n) is 10.2. The van der Waals surface area contributed by atoms with Crippen LogP contribution >= 0.6 is 0 Å². The molecular weight excluding hydrogens is 820 g/mol. The van der Waals surface area contributed by atoms with Gasteiger partial charge in [-0.3, -0.25) is 0 Å². The van der Waals surface area contributed by atoms with Gasteiger partial charge in [-0.15, -0.1) is 48.1 Å². The quantitative estimate of drug-likeness (QED) is 0.156. The number of ether oxygens (including phenoxy) is 1. The molecule has 52 heavy (non-hydrogen) atoms. The monoisotopic (exact) mass is 860 g/mol. The molecular formula is C46H41N4OPt-3. The Morgan fingerprint density at radius 1 is 0.712 bits per heavy atom. The molecule has 0 atom stereocenters. The number of rotatable bonds is 6. The van der Waals surface area contributed by atoms with Gasteiger partial charge in [-0.1, -0.05) is 68.8 Å². The smallest absolute Gasteiger partial charge is 0.135 e. The number of benzene rings is 5. The topological polar surface area (TPSA) is 33.5 Å². The number of pyridine rings is 1. The third kappa shape index (κ3) is 6.33. The summed E-state index contributed by atoms with van der Waals surface area (Å²) in [6, 6.07) is 40.8. The minimum absolute atomic E-state index is 0. The molecule has 6 heteroatoms. The molecule has 0 saturated heterocycles. The second kappa shape index (κ2) is 13.8. The predicted octanol–water partition coefficient (Wildman–Crippen LogP) is 11.7. The van der Waals surface area contributed by atoms with Crippen molar-refractivity contribution in [2.75, 3.05) is 9.80 Å². The van der Waals surface area contributed by atoms with Crippen LogP contribution in [0.4, 0.5) is 11.4 Å². The van der Waals surface area contributed by atoms with E-state index in [0.717, 1.165) is 33.3 Å². The maximum atomic E-state index is 6.52. The van der Waals surface area contributed by atoms with E-state index in [4.69, 9.17) is 9.72 Å². The van der Waals surface area contributed by atoms with Crippen molar-refractivity contribution in [2.45, 2.75) is 53.9 Å². The molecule has 0 radical (unpaired) electrons. The number of aryl methyl sites for hydroxylation is 1. The van der Waals surface area contributed by atoms with Gasteiger partial charge in [-0.2, -0.15) is 12.1 Å². The zero-order valence-corrected chi connectivity index (χ0v) is 32.8. The molecule has 2 aromatic heterocycles. The molecule has 0 aliphatic carbocycles. The first-order valence-electron chi connectivity index (χ1n) is 17.5. The normalized spacial score (nSPS) is 12.9. The number of anilines is 2. The van der Waals surface area contributed by atoms with Crippen LogP contribution in [0.25, 0.3) is 38.8 Å². The molecule has 264 valence electrons. The molecule has 0 bridgehead atoms. The van der Waals surface area contributed by atoms with Gasteiger partial charge >= 0.3 is 0 Å². The molecule has 8 rings (SSSR count). The molecule has 1 aliphatic rings. The Kier molecular flexibility index (Phi) is 9.35. The molecule has 0 fully saturated rings. The zero-order valence-electron chi connectivity index (χ0n) is 30.6. The summed E-state index contributed by atoms with van der Waals surface area (Å²) in [7, 11) is 0. The van der Waals surface area contributed by atoms with Crippen molar-refractivity contribution in [1.29, 1.82) is 0 Å². The van der Waals surface area contributed by atoms with Crippen LogP contribution in [-0.2, 0) is 26.5 Å². The Balaban J connectivity index is 0.00000420. The van der Waals surface area contributed by atoms with E-state index in [2.05, 4.69) is 167 Å². The second-order valence-corrected chi connectivity index (χ2v) is 14.5. The first-order chi connectivity index (χ1) is 24.6. The van der Waals surface area contributed by atoms with Gasteiger partial charge in [0, 0.05) is 50.0 Å². The number of nitrogens with zero attached hydrogens (tertiary/aromatic N) is 4. The van der Waals surface area contributed by atoms with Gasteiger partial charge in [0.25, 0.3) is 0 Å². The van der Waals surface area contributed by atoms with Crippen LogP contribution in [0.3, 0.4) is 0 Å². The number of aromatic nitrogens is 2. The van der Waals surface area contributed by atoms with Crippen molar-refractivity contribution in [3.63, 3.8) is 0 Å². The van der Waals surface area contributed by atoms with E-state index in [0.29, 0.717) is 11.5 Å². The first-order valence-corrected chi connectivity index (χ1v) is 17.5. The van der Waals surface area contributed by atoms with Crippen LogP contribution in [0.1, 0.15) is 48.6 Å². The standard InChI is InChI=1S/C46H41N4O.Pt/c1-30-25-42(33(4)32(3)31(30)2)49-24-23-48(29-49)36-15-11-16-37(27-36)51-38-19-20-40-43(28-38)50(44-26-35(21-22-47-44)46(5,6)7)41-18-12-17-39(45(40)41)34-13-9-8-10-14-34;/h8-26,29H,1-7H3;/q-3;. The van der Waals surface area contributed by atoms with E-state index in [1.807, 2.05) is 30.5 Å². The van der Waals surface area contributed by atoms with Gasteiger partial charge in [0.2, 0.25) is 0 Å². The summed E-state index contributed by atoms with van der Waals surface area (Å²) in [6.07, 6.45) is 6.05. The van der Waals surface area contributed by atoms with Crippen molar-refractivity contribution in [3.8, 4) is 28.4 Å². The fourth-order valence-electron chi connectivity index (χ4n) is 7.00. The number of hydrogen-bond donors (Lipinski definition) is 0. The van der Waals surface area contributed by atoms with E-state index in [-0.39, 0.29) is 26.5 Å². The summed E-state index contributed by atoms with van der Waals surface area (Å²) in [6.45, 7) is 17.5. The van der Waals surface area contributed by atoms with Crippen LogP contribution in [0.5, 0.6) is 11.5 Å². The first kappa shape index (κ1) is 35.3. The van der Waals surface area contributed by atoms with Gasteiger partial charge in [-0.25, -0.2) is 4.98 Å². The van der Waals surface area contributed by atoms with Gasteiger partial charge < -0.3 is 19.1 Å². The largest absolute Gasteiger partial charge is 0.509 e. The Bertz CT molecular complexity index is 2470. The summed E-state index contributed by atoms with van der Waals surface area (Å²) in [5, 5.41) is 2.25. The summed E-state index contributed by atoms with van der Waals surface area (Å²) in [4.78, 5) is 9.13. The Morgan fingerprint density at radius 3 is 2.25 bits per heavy atom. The van der Waals surface area contributed by atoms with Gasteiger partial charge in [-0.05, 0) is 114 Å². The predicted molar refractivity (Wildman–Crippen MR) is 211 cm³/mol. The SMILES string of the molecule is Cc1cc(N2C=CN(c3[c-]c(Oc4[c-]c5c(cc4)c4c(-c6ccccc6)cccc4n5-c4cc(C(C)(C)C)ccn4)ccc3)[CH-]2)c(C)c(C)c1C.[Pt]. The van der Waals surface area contributed by atoms with Crippen molar-refractivity contribution < 1.29 is 25.8 Å². The molecule has 5 aromatic carbocycles. The molecule has 0 unspecified atom stereocenters. The molecule has 0 amide bonds. The molecule has 5 nitrogen and oxygen atoms in total. The Hall–Kier alpha value is -5.12. The molecule has 3 heterocycles. The zero-order chi connectivity index (χ0) is 35.4. The van der Waals surface area contributed by atoms with Crippen molar-refractivity contribution >= 4 is 33.2 Å². The summed E-state index contributed by atoms with van der Waals surface area (Å²) in [5.74, 6) is 2.07. The van der Waals surface area contributed by atoms with E-state index >= 15 is 0 Å². The fraction of sp³-hybridized carbons (Fsp3) is 0.174. The van der Waals surface area contributed by atoms with E-state index in [1.165, 1.54) is 44.6 Å². The summed E-state index contributed by atoms with van der Waals surface area (Å²) >= 11 is 0. The van der Waals surface area contributed by atoms with Crippen LogP contribution in [0.2, 0.25) is 0 Å². The van der Waals surface area contributed by atoms with Crippen molar-refractivity contribution in [1.82, 2.24) is 9.55 Å². The molecule has 1 aliphatic heterocycles. The molecule has 0 N–H and O–H groups in total. The van der Waals surface area contributed by atoms with E-state index < -0.39 is 0 Å². The van der Waals surface area contributed by atoms with Crippen molar-refractivity contribution in [2.24, 2.45) is 0 Å². The second-order valence-electron chi connectivity index (χ2n) is 14.5. The van der Waals surface area contributed by atoms with Gasteiger partial charge in [0.1, 0.15) is 5.82 Å². The number of fused-ring (bicyclic) bond motifs is 3. The van der Waals surface area contributed by atoms with Gasteiger partial charge in [0.05, 0.1) is 0 Å². The van der Waals surface area contributed by atoms with Gasteiger partial charge in [0.15, 0.2) is 0 Å². The fourth-order valence-corrected chi connectivity index (χ4v) is 7.00. The Morgan fingerprint density at radius 2 is 1.46 bits per heavy atom. The Labute approximate surface area is 321 Å². The van der Waals surface area contributed by atoms with E-state index in [1.54, 1.807) is 0 Å². The van der Waals surface area contributed by atoms with Crippen LogP contribution in [0, 0.1) is 46.5 Å². The molecule has 7 aromatic rings. The average Bonchev–Trinajstić information content (AvgIpc) is 3.76. The van der Waals surface area contributed by atoms with Crippen LogP contribution < -0.4 is 14.5 Å². The summed E-state index contributed by atoms with van der Waals surface area (Å²) in [5.41, 5.74) is 12.8. The maximum Gasteiger partial charge on any atom is 0.135 e. The minimum atomic E-state index is -0.0275. The van der Waals surface area contributed by atoms with E-state index in [9.17, 15) is 0 Å².